The van der Waals surface area contributed by atoms with Gasteiger partial charge in [-0.3, -0.25) is 10.1 Å². The second-order valence-corrected chi connectivity index (χ2v) is 7.19. The maximum absolute atomic E-state index is 10.8. The molecule has 11 nitrogen and oxygen atoms in total. The highest BCUT2D eigenvalue weighted by Crippen LogP contribution is 2.41. The van der Waals surface area contributed by atoms with Gasteiger partial charge in [-0.25, -0.2) is 0 Å². The second-order valence-electron chi connectivity index (χ2n) is 7.19. The van der Waals surface area contributed by atoms with Gasteiger partial charge in [0, 0.05) is 43.0 Å². The van der Waals surface area contributed by atoms with Crippen LogP contribution in [0.15, 0.2) is 81.1 Å². The van der Waals surface area contributed by atoms with Gasteiger partial charge in [-0.1, -0.05) is 27.7 Å². The number of nitrogens with zero attached hydrogens (tertiary/aromatic N) is 6. The zero-order valence-corrected chi connectivity index (χ0v) is 23.7. The lowest BCUT2D eigenvalue weighted by Crippen LogP contribution is -2.25. The first-order chi connectivity index (χ1) is 19.0. The Labute approximate surface area is 230 Å². The first-order valence-corrected chi connectivity index (χ1v) is 12.8. The Morgan fingerprint density at radius 3 is 1.59 bits per heavy atom. The highest BCUT2D eigenvalue weighted by Gasteiger charge is 2.12. The van der Waals surface area contributed by atoms with Gasteiger partial charge in [0.25, 0.3) is 5.69 Å². The SMILES string of the molecule is CC.CC.CCN(CCO)c1ccc(N=Nc2cc(OC)c(N=Nc3ccc([N+](=O)[O-])cc3)cc2OC)cc1. The largest absolute Gasteiger partial charge is 0.494 e. The van der Waals surface area contributed by atoms with E-state index >= 15 is 0 Å². The zero-order chi connectivity index (χ0) is 29.2. The van der Waals surface area contributed by atoms with Crippen LogP contribution in [0.5, 0.6) is 11.5 Å². The van der Waals surface area contributed by atoms with E-state index in [9.17, 15) is 15.2 Å². The fourth-order valence-corrected chi connectivity index (χ4v) is 3.21. The highest BCUT2D eigenvalue weighted by molar-refractivity contribution is 5.66. The van der Waals surface area contributed by atoms with Crippen LogP contribution in [0.4, 0.5) is 34.1 Å². The molecule has 39 heavy (non-hydrogen) atoms. The predicted octanol–water partition coefficient (Wildman–Crippen LogP) is 8.31. The Hall–Kier alpha value is -4.38. The quantitative estimate of drug-likeness (QED) is 0.148. The number of ether oxygens (including phenoxy) is 2. The number of non-ortho nitro benzene ring substituents is 1. The number of rotatable bonds is 11. The summed E-state index contributed by atoms with van der Waals surface area (Å²) in [4.78, 5) is 12.4. The third kappa shape index (κ3) is 9.78. The number of aliphatic hydroxyl groups excluding tert-OH is 1. The van der Waals surface area contributed by atoms with Crippen LogP contribution >= 0.6 is 0 Å². The monoisotopic (exact) mass is 538 g/mol. The summed E-state index contributed by atoms with van der Waals surface area (Å²) in [5.41, 5.74) is 2.90. The third-order valence-corrected chi connectivity index (χ3v) is 5.05. The van der Waals surface area contributed by atoms with Crippen molar-refractivity contribution in [1.82, 2.24) is 0 Å². The molecular weight excluding hydrogens is 500 g/mol. The number of likely N-dealkylation sites (N-methyl/N-ethyl adjacent to an activating group) is 1. The number of aliphatic hydroxyl groups is 1. The Morgan fingerprint density at radius 2 is 1.23 bits per heavy atom. The lowest BCUT2D eigenvalue weighted by atomic mass is 10.2. The molecule has 0 spiro atoms. The Balaban J connectivity index is 0.00000181. The summed E-state index contributed by atoms with van der Waals surface area (Å²) in [5, 5.41) is 36.9. The van der Waals surface area contributed by atoms with Crippen LogP contribution in [0.3, 0.4) is 0 Å². The predicted molar refractivity (Wildman–Crippen MR) is 155 cm³/mol. The lowest BCUT2D eigenvalue weighted by molar-refractivity contribution is -0.384. The fourth-order valence-electron chi connectivity index (χ4n) is 3.21. The van der Waals surface area contributed by atoms with Gasteiger partial charge in [0.1, 0.15) is 22.9 Å². The number of nitro benzene ring substituents is 1. The van der Waals surface area contributed by atoms with Crippen molar-refractivity contribution >= 4 is 34.1 Å². The summed E-state index contributed by atoms with van der Waals surface area (Å²) in [7, 11) is 3.01. The van der Waals surface area contributed by atoms with Crippen molar-refractivity contribution in [3.8, 4) is 11.5 Å². The first-order valence-electron chi connectivity index (χ1n) is 12.8. The van der Waals surface area contributed by atoms with Crippen LogP contribution in [0.1, 0.15) is 34.6 Å². The van der Waals surface area contributed by atoms with Crippen molar-refractivity contribution in [2.75, 3.05) is 38.8 Å². The molecular formula is C28H38N6O5. The summed E-state index contributed by atoms with van der Waals surface area (Å²) in [5.74, 6) is 0.826. The third-order valence-electron chi connectivity index (χ3n) is 5.05. The van der Waals surface area contributed by atoms with Crippen LogP contribution in [-0.2, 0) is 0 Å². The summed E-state index contributed by atoms with van der Waals surface area (Å²) < 4.78 is 10.9. The minimum absolute atomic E-state index is 0.0274. The van der Waals surface area contributed by atoms with Gasteiger partial charge in [-0.15, -0.1) is 10.2 Å². The molecule has 0 fully saturated rings. The van der Waals surface area contributed by atoms with Gasteiger partial charge in [-0.05, 0) is 43.3 Å². The molecule has 210 valence electrons. The van der Waals surface area contributed by atoms with Crippen molar-refractivity contribution in [1.29, 1.82) is 0 Å². The second kappa shape index (κ2) is 18.0. The summed E-state index contributed by atoms with van der Waals surface area (Å²) in [6.45, 7) is 11.5. The minimum atomic E-state index is -0.479. The van der Waals surface area contributed by atoms with Crippen molar-refractivity contribution in [3.05, 3.63) is 70.8 Å². The average Bonchev–Trinajstić information content (AvgIpc) is 3.00. The molecule has 3 rings (SSSR count). The number of hydrogen-bond donors (Lipinski definition) is 1. The van der Waals surface area contributed by atoms with E-state index in [4.69, 9.17) is 9.47 Å². The van der Waals surface area contributed by atoms with Gasteiger partial charge >= 0.3 is 0 Å². The Kier molecular flexibility index (Phi) is 15.0. The topological polar surface area (TPSA) is 135 Å². The summed E-state index contributed by atoms with van der Waals surface area (Å²) >= 11 is 0. The normalized spacial score (nSPS) is 10.4. The molecule has 0 aliphatic heterocycles. The lowest BCUT2D eigenvalue weighted by Gasteiger charge is -2.21. The van der Waals surface area contributed by atoms with Crippen molar-refractivity contribution in [2.24, 2.45) is 20.5 Å². The van der Waals surface area contributed by atoms with Crippen LogP contribution in [-0.4, -0.2) is 43.9 Å². The number of hydrogen-bond acceptors (Lipinski definition) is 10. The number of azo groups is 2. The molecule has 0 aliphatic carbocycles. The van der Waals surface area contributed by atoms with Gasteiger partial charge < -0.3 is 19.5 Å². The van der Waals surface area contributed by atoms with Crippen LogP contribution < -0.4 is 14.4 Å². The number of nitro groups is 1. The number of benzene rings is 3. The molecule has 0 radical (unpaired) electrons. The molecule has 0 amide bonds. The number of anilines is 1. The zero-order valence-electron chi connectivity index (χ0n) is 23.7. The van der Waals surface area contributed by atoms with Gasteiger partial charge in [-0.2, -0.15) is 10.2 Å². The fraction of sp³-hybridized carbons (Fsp3) is 0.357. The maximum Gasteiger partial charge on any atom is 0.269 e. The van der Waals surface area contributed by atoms with E-state index in [1.807, 2.05) is 58.9 Å². The van der Waals surface area contributed by atoms with Crippen molar-refractivity contribution < 1.29 is 19.5 Å². The van der Waals surface area contributed by atoms with Gasteiger partial charge in [0.05, 0.1) is 37.1 Å². The number of methoxy groups -OCH3 is 2. The molecule has 11 heteroatoms. The van der Waals surface area contributed by atoms with Crippen LogP contribution in [0.2, 0.25) is 0 Å². The van der Waals surface area contributed by atoms with Crippen LogP contribution in [0.25, 0.3) is 0 Å². The minimum Gasteiger partial charge on any atom is -0.494 e. The molecule has 0 heterocycles. The van der Waals surface area contributed by atoms with Crippen molar-refractivity contribution in [3.63, 3.8) is 0 Å². The Morgan fingerprint density at radius 1 is 0.795 bits per heavy atom. The molecule has 0 atom stereocenters. The van der Waals surface area contributed by atoms with E-state index in [0.29, 0.717) is 40.8 Å². The molecule has 0 saturated heterocycles. The van der Waals surface area contributed by atoms with Gasteiger partial charge in [0.15, 0.2) is 0 Å². The summed E-state index contributed by atoms with van der Waals surface area (Å²) in [6.07, 6.45) is 0. The average molecular weight is 539 g/mol. The van der Waals surface area contributed by atoms with E-state index in [2.05, 4.69) is 25.4 Å². The molecule has 1 N–H and O–H groups in total. The highest BCUT2D eigenvalue weighted by atomic mass is 16.6. The van der Waals surface area contributed by atoms with Crippen LogP contribution in [0, 0.1) is 10.1 Å². The standard InChI is InChI=1S/C24H26N6O5.2C2H6/c1-4-29(13-14-31)19-9-5-17(6-10-19)25-27-21-15-24(35-3)22(16-23(21)34-2)28-26-18-7-11-20(12-8-18)30(32)33;2*1-2/h5-12,15-16,31H,4,13-14H2,1-3H3;2*1-2H3. The molecule has 0 unspecified atom stereocenters. The Bertz CT molecular complexity index is 1200. The van der Waals surface area contributed by atoms with E-state index < -0.39 is 4.92 Å². The van der Waals surface area contributed by atoms with E-state index in [0.717, 1.165) is 12.2 Å². The van der Waals surface area contributed by atoms with E-state index in [1.54, 1.807) is 12.1 Å². The first kappa shape index (κ1) is 32.6. The molecule has 3 aromatic rings. The smallest absolute Gasteiger partial charge is 0.269 e. The molecule has 3 aromatic carbocycles. The van der Waals surface area contributed by atoms with E-state index in [1.165, 1.54) is 38.5 Å². The van der Waals surface area contributed by atoms with Crippen molar-refractivity contribution in [2.45, 2.75) is 34.6 Å². The molecule has 0 bridgehead atoms. The molecule has 0 aliphatic rings. The molecule has 0 aromatic heterocycles. The summed E-state index contributed by atoms with van der Waals surface area (Å²) in [6, 6.07) is 16.5. The van der Waals surface area contributed by atoms with E-state index in [-0.39, 0.29) is 12.3 Å². The maximum atomic E-state index is 10.8. The molecule has 0 saturated carbocycles. The van der Waals surface area contributed by atoms with Gasteiger partial charge in [0.2, 0.25) is 0 Å².